The number of hydrogen-bond donors (Lipinski definition) is 0. The van der Waals surface area contributed by atoms with E-state index in [0.29, 0.717) is 16.5 Å². The van der Waals surface area contributed by atoms with Crippen molar-refractivity contribution in [3.05, 3.63) is 76.5 Å². The van der Waals surface area contributed by atoms with Gasteiger partial charge in [0.25, 0.3) is 5.56 Å². The number of pyridine rings is 1. The maximum absolute atomic E-state index is 13.2. The highest BCUT2D eigenvalue weighted by Crippen LogP contribution is 2.19. The average molecular weight is 355 g/mol. The molecule has 3 rings (SSSR count). The smallest absolute Gasteiger partial charge is 0.344 e. The third-order valence-corrected chi connectivity index (χ3v) is 3.80. The van der Waals surface area contributed by atoms with Gasteiger partial charge in [-0.05, 0) is 30.3 Å². The highest BCUT2D eigenvalue weighted by atomic mass is 19.1. The lowest BCUT2D eigenvalue weighted by Crippen LogP contribution is -2.22. The average Bonchev–Trinajstić information content (AvgIpc) is 2.67. The molecule has 0 spiro atoms. The molecule has 7 heteroatoms. The molecule has 0 amide bonds. The highest BCUT2D eigenvalue weighted by molar-refractivity contribution is 6.04. The first-order valence-corrected chi connectivity index (χ1v) is 7.65. The zero-order valence-electron chi connectivity index (χ0n) is 13.8. The molecule has 6 nitrogen and oxygen atoms in total. The van der Waals surface area contributed by atoms with Crippen LogP contribution in [-0.2, 0) is 14.3 Å². The molecule has 0 saturated carbocycles. The Morgan fingerprint density at radius 1 is 1.04 bits per heavy atom. The maximum Gasteiger partial charge on any atom is 0.344 e. The summed E-state index contributed by atoms with van der Waals surface area (Å²) in [7, 11) is 1.18. The minimum atomic E-state index is -0.775. The molecule has 1 aromatic heterocycles. The fraction of sp³-hybridized carbons (Fsp3) is 0.105. The Balaban J connectivity index is 2.14. The number of esters is 2. The fourth-order valence-corrected chi connectivity index (χ4v) is 2.51. The highest BCUT2D eigenvalue weighted by Gasteiger charge is 2.18. The van der Waals surface area contributed by atoms with Crippen LogP contribution in [0.2, 0.25) is 0 Å². The first-order valence-electron chi connectivity index (χ1n) is 7.65. The third kappa shape index (κ3) is 3.32. The van der Waals surface area contributed by atoms with Gasteiger partial charge in [0.2, 0.25) is 0 Å². The van der Waals surface area contributed by atoms with E-state index in [2.05, 4.69) is 4.74 Å². The number of nitrogens with zero attached hydrogens (tertiary/aromatic N) is 1. The molecule has 2 aromatic carbocycles. The maximum atomic E-state index is 13.2. The Hall–Kier alpha value is -3.48. The molecule has 0 aliphatic rings. The first kappa shape index (κ1) is 17.3. The van der Waals surface area contributed by atoms with Crippen molar-refractivity contribution in [2.75, 3.05) is 13.7 Å². The van der Waals surface area contributed by atoms with E-state index in [1.807, 2.05) is 0 Å². The van der Waals surface area contributed by atoms with Crippen molar-refractivity contribution in [1.29, 1.82) is 0 Å². The molecule has 0 aliphatic heterocycles. The lowest BCUT2D eigenvalue weighted by atomic mass is 10.1. The zero-order chi connectivity index (χ0) is 18.7. The van der Waals surface area contributed by atoms with Crippen molar-refractivity contribution < 1.29 is 23.5 Å². The van der Waals surface area contributed by atoms with Crippen LogP contribution >= 0.6 is 0 Å². The molecular formula is C19H14FNO5. The number of carbonyl (C=O) groups excluding carboxylic acids is 2. The summed E-state index contributed by atoms with van der Waals surface area (Å²) in [6.45, 7) is -0.542. The monoisotopic (exact) mass is 355 g/mol. The van der Waals surface area contributed by atoms with Crippen molar-refractivity contribution in [2.45, 2.75) is 0 Å². The van der Waals surface area contributed by atoms with Crippen LogP contribution < -0.4 is 5.56 Å². The molecule has 0 radical (unpaired) electrons. The summed E-state index contributed by atoms with van der Waals surface area (Å²) in [5.41, 5.74) is 0.134. The van der Waals surface area contributed by atoms with E-state index in [-0.39, 0.29) is 11.1 Å². The summed E-state index contributed by atoms with van der Waals surface area (Å²) in [6, 6.07) is 11.8. The number of benzene rings is 2. The Morgan fingerprint density at radius 2 is 1.69 bits per heavy atom. The minimum Gasteiger partial charge on any atom is -0.466 e. The number of carbonyl (C=O) groups is 2. The van der Waals surface area contributed by atoms with Crippen molar-refractivity contribution in [2.24, 2.45) is 0 Å². The van der Waals surface area contributed by atoms with Gasteiger partial charge in [0, 0.05) is 22.7 Å². The van der Waals surface area contributed by atoms with Crippen molar-refractivity contribution >= 4 is 22.7 Å². The van der Waals surface area contributed by atoms with Crippen LogP contribution in [0.3, 0.4) is 0 Å². The Kier molecular flexibility index (Phi) is 4.79. The van der Waals surface area contributed by atoms with Gasteiger partial charge in [-0.1, -0.05) is 18.2 Å². The molecule has 0 fully saturated rings. The number of fused-ring (bicyclic) bond motifs is 1. The number of halogens is 1. The Morgan fingerprint density at radius 3 is 2.35 bits per heavy atom. The molecule has 26 heavy (non-hydrogen) atoms. The van der Waals surface area contributed by atoms with Crippen LogP contribution in [0.25, 0.3) is 16.5 Å². The SMILES string of the molecule is COC(=O)COC(=O)c1cn(-c2ccc(F)cc2)c(=O)c2ccccc12. The van der Waals surface area contributed by atoms with E-state index in [9.17, 15) is 18.8 Å². The quantitative estimate of drug-likeness (QED) is 0.672. The van der Waals surface area contributed by atoms with Crippen molar-refractivity contribution in [3.63, 3.8) is 0 Å². The first-order chi connectivity index (χ1) is 12.5. The number of methoxy groups -OCH3 is 1. The van der Waals surface area contributed by atoms with Crippen LogP contribution in [0.15, 0.2) is 59.5 Å². The van der Waals surface area contributed by atoms with Gasteiger partial charge < -0.3 is 9.47 Å². The van der Waals surface area contributed by atoms with Gasteiger partial charge >= 0.3 is 11.9 Å². The molecule has 0 N–H and O–H groups in total. The van der Waals surface area contributed by atoms with Crippen LogP contribution in [0.4, 0.5) is 4.39 Å². The van der Waals surface area contributed by atoms with Crippen LogP contribution in [0.5, 0.6) is 0 Å². The van der Waals surface area contributed by atoms with E-state index in [1.165, 1.54) is 42.1 Å². The third-order valence-electron chi connectivity index (χ3n) is 3.80. The van der Waals surface area contributed by atoms with Crippen LogP contribution in [0, 0.1) is 5.82 Å². The number of ether oxygens (including phenoxy) is 2. The Labute approximate surface area is 147 Å². The summed E-state index contributed by atoms with van der Waals surface area (Å²) in [4.78, 5) is 36.4. The molecule has 132 valence electrons. The van der Waals surface area contributed by atoms with Gasteiger partial charge in [0.15, 0.2) is 6.61 Å². The lowest BCUT2D eigenvalue weighted by molar-refractivity contribution is -0.144. The number of hydrogen-bond acceptors (Lipinski definition) is 5. The van der Waals surface area contributed by atoms with Gasteiger partial charge in [-0.25, -0.2) is 14.0 Å². The van der Waals surface area contributed by atoms with Crippen LogP contribution in [-0.4, -0.2) is 30.2 Å². The van der Waals surface area contributed by atoms with Gasteiger partial charge in [-0.2, -0.15) is 0 Å². The van der Waals surface area contributed by atoms with E-state index in [4.69, 9.17) is 4.74 Å². The zero-order valence-corrected chi connectivity index (χ0v) is 13.8. The van der Waals surface area contributed by atoms with Crippen molar-refractivity contribution in [3.8, 4) is 5.69 Å². The second-order valence-corrected chi connectivity index (χ2v) is 5.39. The molecule has 0 atom stereocenters. The Bertz CT molecular complexity index is 1040. The van der Waals surface area contributed by atoms with Gasteiger partial charge in [-0.3, -0.25) is 9.36 Å². The number of aromatic nitrogens is 1. The summed E-state index contributed by atoms with van der Waals surface area (Å²) < 4.78 is 23.8. The molecule has 0 unspecified atom stereocenters. The van der Waals surface area contributed by atoms with E-state index >= 15 is 0 Å². The normalized spacial score (nSPS) is 10.5. The molecular weight excluding hydrogens is 341 g/mol. The largest absolute Gasteiger partial charge is 0.466 e. The van der Waals surface area contributed by atoms with Gasteiger partial charge in [0.1, 0.15) is 5.82 Å². The predicted octanol–water partition coefficient (Wildman–Crippen LogP) is 2.46. The van der Waals surface area contributed by atoms with Crippen LogP contribution in [0.1, 0.15) is 10.4 Å². The fourth-order valence-electron chi connectivity index (χ4n) is 2.51. The summed E-state index contributed by atoms with van der Waals surface area (Å²) in [5, 5.41) is 0.690. The molecule has 0 bridgehead atoms. The predicted molar refractivity (Wildman–Crippen MR) is 91.8 cm³/mol. The van der Waals surface area contributed by atoms with Gasteiger partial charge in [-0.15, -0.1) is 0 Å². The molecule has 0 aliphatic carbocycles. The van der Waals surface area contributed by atoms with E-state index in [1.54, 1.807) is 24.3 Å². The van der Waals surface area contributed by atoms with Crippen molar-refractivity contribution in [1.82, 2.24) is 4.57 Å². The standard InChI is InChI=1S/C19H14FNO5/c1-25-17(22)11-26-19(24)16-10-21(13-8-6-12(20)7-9-13)18(23)15-5-3-2-4-14(15)16/h2-10H,11H2,1H3. The summed E-state index contributed by atoms with van der Waals surface area (Å²) >= 11 is 0. The second kappa shape index (κ2) is 7.18. The minimum absolute atomic E-state index is 0.105. The lowest BCUT2D eigenvalue weighted by Gasteiger charge is -2.12. The molecule has 1 heterocycles. The number of rotatable bonds is 4. The summed E-state index contributed by atoms with van der Waals surface area (Å²) in [5.74, 6) is -1.92. The summed E-state index contributed by atoms with van der Waals surface area (Å²) in [6.07, 6.45) is 1.32. The van der Waals surface area contributed by atoms with E-state index < -0.39 is 24.4 Å². The molecule has 3 aromatic rings. The van der Waals surface area contributed by atoms with E-state index in [0.717, 1.165) is 0 Å². The topological polar surface area (TPSA) is 74.6 Å². The van der Waals surface area contributed by atoms with Gasteiger partial charge in [0.05, 0.1) is 12.7 Å². The second-order valence-electron chi connectivity index (χ2n) is 5.39. The molecule has 0 saturated heterocycles.